The molecule has 0 atom stereocenters. The molecule has 7 heteroatoms. The molecule has 0 aliphatic heterocycles. The Labute approximate surface area is 129 Å². The Morgan fingerprint density at radius 1 is 1.18 bits per heavy atom. The van der Waals surface area contributed by atoms with Crippen LogP contribution in [-0.4, -0.2) is 17.0 Å². The van der Waals surface area contributed by atoms with Crippen molar-refractivity contribution in [2.45, 2.75) is 0 Å². The van der Waals surface area contributed by atoms with Gasteiger partial charge in [0.15, 0.2) is 11.5 Å². The summed E-state index contributed by atoms with van der Waals surface area (Å²) in [6.45, 7) is 0. The van der Waals surface area contributed by atoms with Crippen LogP contribution in [0.25, 0.3) is 10.6 Å². The lowest BCUT2D eigenvalue weighted by Gasteiger charge is -2.03. The first-order chi connectivity index (χ1) is 10.6. The first kappa shape index (κ1) is 14.0. The summed E-state index contributed by atoms with van der Waals surface area (Å²) in [5, 5.41) is 8.35. The van der Waals surface area contributed by atoms with E-state index in [1.807, 2.05) is 17.5 Å². The number of nitrogens with two attached hydrogens (primary N) is 1. The number of nitrogens with zero attached hydrogens (tertiary/aromatic N) is 1. The molecule has 3 rings (SSSR count). The molecule has 3 aromatic rings. The summed E-state index contributed by atoms with van der Waals surface area (Å²) in [7, 11) is 0. The van der Waals surface area contributed by atoms with Crippen molar-refractivity contribution in [2.24, 2.45) is 5.73 Å². The normalized spacial score (nSPS) is 10.4. The van der Waals surface area contributed by atoms with E-state index in [1.165, 1.54) is 23.5 Å². The van der Waals surface area contributed by atoms with E-state index in [2.05, 4.69) is 10.5 Å². The topological polar surface area (TPSA) is 98.2 Å². The zero-order valence-electron chi connectivity index (χ0n) is 11.3. The van der Waals surface area contributed by atoms with E-state index < -0.39 is 11.8 Å². The van der Waals surface area contributed by atoms with Gasteiger partial charge < -0.3 is 15.6 Å². The summed E-state index contributed by atoms with van der Waals surface area (Å²) < 4.78 is 5.16. The van der Waals surface area contributed by atoms with Gasteiger partial charge in [0.1, 0.15) is 0 Å². The van der Waals surface area contributed by atoms with Crippen molar-refractivity contribution in [1.82, 2.24) is 5.16 Å². The van der Waals surface area contributed by atoms with Crippen LogP contribution in [0.4, 0.5) is 5.69 Å². The lowest BCUT2D eigenvalue weighted by molar-refractivity contribution is 0.0997. The molecule has 1 aromatic carbocycles. The maximum atomic E-state index is 12.1. The molecule has 0 unspecified atom stereocenters. The Morgan fingerprint density at radius 2 is 1.95 bits per heavy atom. The number of rotatable bonds is 4. The van der Waals surface area contributed by atoms with Crippen molar-refractivity contribution < 1.29 is 14.1 Å². The number of nitrogens with one attached hydrogen (secondary N) is 1. The Hall–Kier alpha value is -2.93. The number of carbonyl (C=O) groups is 2. The van der Waals surface area contributed by atoms with Crippen molar-refractivity contribution >= 4 is 28.8 Å². The average molecular weight is 313 g/mol. The molecule has 110 valence electrons. The number of aromatic nitrogens is 1. The third-order valence-electron chi connectivity index (χ3n) is 2.93. The second kappa shape index (κ2) is 5.82. The highest BCUT2D eigenvalue weighted by atomic mass is 32.1. The summed E-state index contributed by atoms with van der Waals surface area (Å²) in [5.74, 6) is -0.363. The van der Waals surface area contributed by atoms with Crippen molar-refractivity contribution in [1.29, 1.82) is 0 Å². The van der Waals surface area contributed by atoms with Gasteiger partial charge in [-0.15, -0.1) is 11.3 Å². The second-order valence-corrected chi connectivity index (χ2v) is 5.40. The number of anilines is 1. The number of amides is 2. The third-order valence-corrected chi connectivity index (χ3v) is 3.82. The standard InChI is InChI=1S/C15H11N3O3S/c16-14(19)9-3-5-10(6-4-9)17-15(20)11-8-12(21-18-11)13-2-1-7-22-13/h1-8H,(H2,16,19)(H,17,20). The highest BCUT2D eigenvalue weighted by Crippen LogP contribution is 2.25. The first-order valence-corrected chi connectivity index (χ1v) is 7.23. The van der Waals surface area contributed by atoms with Crippen molar-refractivity contribution in [3.63, 3.8) is 0 Å². The number of hydrogen-bond donors (Lipinski definition) is 2. The second-order valence-electron chi connectivity index (χ2n) is 4.45. The van der Waals surface area contributed by atoms with Gasteiger partial charge in [0.2, 0.25) is 5.91 Å². The summed E-state index contributed by atoms with van der Waals surface area (Å²) in [6, 6.07) is 11.6. The van der Waals surface area contributed by atoms with Crippen molar-refractivity contribution in [3.05, 3.63) is 59.1 Å². The maximum absolute atomic E-state index is 12.1. The van der Waals surface area contributed by atoms with Gasteiger partial charge in [-0.3, -0.25) is 9.59 Å². The molecule has 2 aromatic heterocycles. The van der Waals surface area contributed by atoms with E-state index in [1.54, 1.807) is 18.2 Å². The number of carbonyl (C=O) groups excluding carboxylic acids is 2. The van der Waals surface area contributed by atoms with E-state index in [4.69, 9.17) is 10.3 Å². The monoisotopic (exact) mass is 313 g/mol. The van der Waals surface area contributed by atoms with Gasteiger partial charge in [-0.25, -0.2) is 0 Å². The molecular formula is C15H11N3O3S. The Bertz CT molecular complexity index is 807. The zero-order chi connectivity index (χ0) is 15.5. The molecule has 0 aliphatic rings. The molecule has 0 radical (unpaired) electrons. The molecule has 0 saturated heterocycles. The van der Waals surface area contributed by atoms with Crippen LogP contribution in [0.5, 0.6) is 0 Å². The Balaban J connectivity index is 1.73. The number of thiophene rings is 1. The molecule has 0 fully saturated rings. The minimum Gasteiger partial charge on any atom is -0.366 e. The molecule has 0 saturated carbocycles. The lowest BCUT2D eigenvalue weighted by atomic mass is 10.2. The fourth-order valence-corrected chi connectivity index (χ4v) is 2.50. The van der Waals surface area contributed by atoms with Gasteiger partial charge in [-0.05, 0) is 35.7 Å². The van der Waals surface area contributed by atoms with E-state index in [9.17, 15) is 9.59 Å². The van der Waals surface area contributed by atoms with Crippen LogP contribution in [0.15, 0.2) is 52.4 Å². The molecule has 2 amide bonds. The van der Waals surface area contributed by atoms with Crippen LogP contribution in [0.2, 0.25) is 0 Å². The molecule has 22 heavy (non-hydrogen) atoms. The number of primary amides is 1. The molecular weight excluding hydrogens is 302 g/mol. The Morgan fingerprint density at radius 3 is 2.59 bits per heavy atom. The molecule has 2 heterocycles. The van der Waals surface area contributed by atoms with Gasteiger partial charge in [0, 0.05) is 17.3 Å². The number of benzene rings is 1. The predicted molar refractivity (Wildman–Crippen MR) is 82.7 cm³/mol. The summed E-state index contributed by atoms with van der Waals surface area (Å²) in [6.07, 6.45) is 0. The quantitative estimate of drug-likeness (QED) is 0.773. The highest BCUT2D eigenvalue weighted by molar-refractivity contribution is 7.13. The fourth-order valence-electron chi connectivity index (χ4n) is 1.83. The zero-order valence-corrected chi connectivity index (χ0v) is 12.1. The minimum atomic E-state index is -0.519. The van der Waals surface area contributed by atoms with Crippen molar-refractivity contribution in [2.75, 3.05) is 5.32 Å². The van der Waals surface area contributed by atoms with Crippen LogP contribution in [0.3, 0.4) is 0 Å². The highest BCUT2D eigenvalue weighted by Gasteiger charge is 2.14. The SMILES string of the molecule is NC(=O)c1ccc(NC(=O)c2cc(-c3cccs3)on2)cc1. The number of hydrogen-bond acceptors (Lipinski definition) is 5. The average Bonchev–Trinajstić information content (AvgIpc) is 3.19. The lowest BCUT2D eigenvalue weighted by Crippen LogP contribution is -2.13. The van der Waals surface area contributed by atoms with E-state index >= 15 is 0 Å². The van der Waals surface area contributed by atoms with Crippen LogP contribution < -0.4 is 11.1 Å². The van der Waals surface area contributed by atoms with Gasteiger partial charge >= 0.3 is 0 Å². The molecule has 0 bridgehead atoms. The first-order valence-electron chi connectivity index (χ1n) is 6.35. The predicted octanol–water partition coefficient (Wildman–Crippen LogP) is 2.75. The van der Waals surface area contributed by atoms with Crippen LogP contribution in [0, 0.1) is 0 Å². The fraction of sp³-hybridized carbons (Fsp3) is 0. The molecule has 3 N–H and O–H groups in total. The van der Waals surface area contributed by atoms with Gasteiger partial charge in [-0.2, -0.15) is 0 Å². The smallest absolute Gasteiger partial charge is 0.277 e. The Kier molecular flexibility index (Phi) is 3.71. The molecule has 6 nitrogen and oxygen atoms in total. The maximum Gasteiger partial charge on any atom is 0.277 e. The third kappa shape index (κ3) is 2.89. The van der Waals surface area contributed by atoms with Crippen molar-refractivity contribution in [3.8, 4) is 10.6 Å². The van der Waals surface area contributed by atoms with E-state index in [0.717, 1.165) is 4.88 Å². The van der Waals surface area contributed by atoms with Crippen LogP contribution >= 0.6 is 11.3 Å². The minimum absolute atomic E-state index is 0.183. The van der Waals surface area contributed by atoms with Gasteiger partial charge in [0.25, 0.3) is 5.91 Å². The van der Waals surface area contributed by atoms with E-state index in [-0.39, 0.29) is 5.69 Å². The summed E-state index contributed by atoms with van der Waals surface area (Å²) >= 11 is 1.50. The summed E-state index contributed by atoms with van der Waals surface area (Å²) in [4.78, 5) is 24.0. The van der Waals surface area contributed by atoms with E-state index in [0.29, 0.717) is 17.0 Å². The van der Waals surface area contributed by atoms with Gasteiger partial charge in [-0.1, -0.05) is 11.2 Å². The molecule has 0 aliphatic carbocycles. The largest absolute Gasteiger partial charge is 0.366 e. The van der Waals surface area contributed by atoms with Crippen LogP contribution in [0.1, 0.15) is 20.8 Å². The molecule has 0 spiro atoms. The van der Waals surface area contributed by atoms with Crippen LogP contribution in [-0.2, 0) is 0 Å². The summed E-state index contributed by atoms with van der Waals surface area (Å²) in [5.41, 5.74) is 6.25. The van der Waals surface area contributed by atoms with Gasteiger partial charge in [0.05, 0.1) is 4.88 Å².